The zero-order chi connectivity index (χ0) is 23.0. The van der Waals surface area contributed by atoms with Gasteiger partial charge in [0.2, 0.25) is 6.23 Å². The first kappa shape index (κ1) is 22.2. The molecule has 8 heteroatoms. The molecule has 0 bridgehead atoms. The summed E-state index contributed by atoms with van der Waals surface area (Å²) in [5, 5.41) is 0. The van der Waals surface area contributed by atoms with Crippen molar-refractivity contribution in [3.63, 3.8) is 0 Å². The highest BCUT2D eigenvalue weighted by molar-refractivity contribution is 5.90. The van der Waals surface area contributed by atoms with Crippen molar-refractivity contribution in [3.8, 4) is 0 Å². The molecule has 1 aliphatic rings. The van der Waals surface area contributed by atoms with E-state index in [0.717, 1.165) is 0 Å². The normalized spacial score (nSPS) is 19.5. The van der Waals surface area contributed by atoms with E-state index in [2.05, 4.69) is 5.48 Å². The molecule has 3 aromatic rings. The summed E-state index contributed by atoms with van der Waals surface area (Å²) in [4.78, 5) is 42.9. The van der Waals surface area contributed by atoms with E-state index in [0.29, 0.717) is 16.7 Å². The number of hydrogen-bond acceptors (Lipinski definition) is 8. The first-order valence-electron chi connectivity index (χ1n) is 10.3. The van der Waals surface area contributed by atoms with E-state index in [1.807, 2.05) is 0 Å². The maximum atomic E-state index is 12.7. The molecule has 33 heavy (non-hydrogen) atoms. The average Bonchev–Trinajstić information content (AvgIpc) is 3.24. The third-order valence-corrected chi connectivity index (χ3v) is 4.88. The third kappa shape index (κ3) is 5.62. The minimum Gasteiger partial charge on any atom is -0.459 e. The molecule has 3 atom stereocenters. The highest BCUT2D eigenvalue weighted by atomic mass is 16.7. The van der Waals surface area contributed by atoms with Gasteiger partial charge in [-0.2, -0.15) is 5.48 Å². The number of carbonyl (C=O) groups is 3. The Labute approximate surface area is 190 Å². The Morgan fingerprint density at radius 3 is 1.64 bits per heavy atom. The van der Waals surface area contributed by atoms with Crippen LogP contribution in [0.25, 0.3) is 0 Å². The molecule has 1 N–H and O–H groups in total. The number of hydrogen-bond donors (Lipinski definition) is 1. The number of rotatable bonds is 7. The molecule has 0 unspecified atom stereocenters. The Kier molecular flexibility index (Phi) is 7.09. The van der Waals surface area contributed by atoms with Crippen LogP contribution in [0.5, 0.6) is 0 Å². The highest BCUT2D eigenvalue weighted by Gasteiger charge is 2.44. The molecule has 0 radical (unpaired) electrons. The summed E-state index contributed by atoms with van der Waals surface area (Å²) >= 11 is 0. The zero-order valence-electron chi connectivity index (χ0n) is 17.5. The number of hydroxylamine groups is 1. The summed E-state index contributed by atoms with van der Waals surface area (Å²) in [7, 11) is 0. The number of carbonyl (C=O) groups excluding carboxylic acids is 3. The van der Waals surface area contributed by atoms with Gasteiger partial charge >= 0.3 is 17.9 Å². The molecule has 4 rings (SSSR count). The van der Waals surface area contributed by atoms with E-state index >= 15 is 0 Å². The van der Waals surface area contributed by atoms with Crippen LogP contribution in [-0.2, 0) is 19.0 Å². The van der Waals surface area contributed by atoms with Crippen LogP contribution in [-0.4, -0.2) is 43.0 Å². The molecule has 168 valence electrons. The van der Waals surface area contributed by atoms with Crippen molar-refractivity contribution in [2.24, 2.45) is 0 Å². The number of benzene rings is 3. The van der Waals surface area contributed by atoms with Gasteiger partial charge in [0.05, 0.1) is 16.7 Å². The van der Waals surface area contributed by atoms with E-state index in [1.54, 1.807) is 91.0 Å². The van der Waals surface area contributed by atoms with Crippen molar-refractivity contribution >= 4 is 17.9 Å². The summed E-state index contributed by atoms with van der Waals surface area (Å²) in [6.45, 7) is -0.229. The summed E-state index contributed by atoms with van der Waals surface area (Å²) in [5.41, 5.74) is 3.58. The van der Waals surface area contributed by atoms with Crippen molar-refractivity contribution in [1.29, 1.82) is 0 Å². The molecule has 1 aliphatic heterocycles. The highest BCUT2D eigenvalue weighted by Crippen LogP contribution is 2.21. The van der Waals surface area contributed by atoms with Crippen LogP contribution in [0.15, 0.2) is 91.0 Å². The Bertz CT molecular complexity index is 1090. The van der Waals surface area contributed by atoms with Gasteiger partial charge in [0.25, 0.3) is 0 Å². The standard InChI is InChI=1S/C25H21NO7/c27-23(17-10-4-1-5-11-17)30-16-20-21(31-24(28)18-12-6-2-7-13-18)22(26-33-20)32-25(29)19-14-8-3-9-15-19/h1-15,20-22,26H,16H2/t20-,21-,22+/m1/s1. The van der Waals surface area contributed by atoms with Gasteiger partial charge in [-0.1, -0.05) is 54.6 Å². The molecule has 0 spiro atoms. The van der Waals surface area contributed by atoms with Gasteiger partial charge in [-0.05, 0) is 36.4 Å². The fourth-order valence-electron chi connectivity index (χ4n) is 3.18. The van der Waals surface area contributed by atoms with Crippen LogP contribution in [0.4, 0.5) is 0 Å². The van der Waals surface area contributed by atoms with Crippen LogP contribution in [0.1, 0.15) is 31.1 Å². The first-order chi connectivity index (χ1) is 16.1. The Morgan fingerprint density at radius 2 is 1.12 bits per heavy atom. The summed E-state index contributed by atoms with van der Waals surface area (Å²) in [6, 6.07) is 25.2. The van der Waals surface area contributed by atoms with E-state index in [9.17, 15) is 14.4 Å². The molecule has 8 nitrogen and oxygen atoms in total. The van der Waals surface area contributed by atoms with Gasteiger partial charge in [-0.15, -0.1) is 0 Å². The molecular weight excluding hydrogens is 426 g/mol. The van der Waals surface area contributed by atoms with Crippen molar-refractivity contribution < 1.29 is 33.4 Å². The first-order valence-corrected chi connectivity index (χ1v) is 10.3. The minimum atomic E-state index is -1.11. The maximum absolute atomic E-state index is 12.7. The van der Waals surface area contributed by atoms with E-state index in [1.165, 1.54) is 0 Å². The van der Waals surface area contributed by atoms with Gasteiger partial charge < -0.3 is 14.2 Å². The molecule has 1 fully saturated rings. The van der Waals surface area contributed by atoms with Crippen molar-refractivity contribution in [1.82, 2.24) is 5.48 Å². The van der Waals surface area contributed by atoms with Crippen LogP contribution >= 0.6 is 0 Å². The van der Waals surface area contributed by atoms with Gasteiger partial charge in [0.15, 0.2) is 12.2 Å². The quantitative estimate of drug-likeness (QED) is 0.436. The van der Waals surface area contributed by atoms with E-state index < -0.39 is 36.3 Å². The smallest absolute Gasteiger partial charge is 0.339 e. The van der Waals surface area contributed by atoms with Gasteiger partial charge in [-0.3, -0.25) is 4.84 Å². The van der Waals surface area contributed by atoms with E-state index in [-0.39, 0.29) is 6.61 Å². The van der Waals surface area contributed by atoms with Gasteiger partial charge in [-0.25, -0.2) is 14.4 Å². The van der Waals surface area contributed by atoms with Gasteiger partial charge in [0, 0.05) is 0 Å². The lowest BCUT2D eigenvalue weighted by atomic mass is 10.1. The topological polar surface area (TPSA) is 100 Å². The summed E-state index contributed by atoms with van der Waals surface area (Å²) in [6.07, 6.45) is -3.07. The molecule has 1 saturated heterocycles. The molecular formula is C25H21NO7. The molecule has 1 heterocycles. The largest absolute Gasteiger partial charge is 0.459 e. The molecule has 0 amide bonds. The summed E-state index contributed by atoms with van der Waals surface area (Å²) in [5.74, 6) is -1.82. The van der Waals surface area contributed by atoms with Crippen molar-refractivity contribution in [2.75, 3.05) is 6.61 Å². The minimum absolute atomic E-state index is 0.229. The monoisotopic (exact) mass is 447 g/mol. The molecule has 3 aromatic carbocycles. The predicted molar refractivity (Wildman–Crippen MR) is 116 cm³/mol. The van der Waals surface area contributed by atoms with Crippen LogP contribution in [0.3, 0.4) is 0 Å². The Hall–Kier alpha value is -4.01. The van der Waals surface area contributed by atoms with Gasteiger partial charge in [0.1, 0.15) is 6.61 Å². The lowest BCUT2D eigenvalue weighted by Crippen LogP contribution is -2.42. The van der Waals surface area contributed by atoms with Crippen LogP contribution in [0.2, 0.25) is 0 Å². The Balaban J connectivity index is 1.46. The predicted octanol–water partition coefficient (Wildman–Crippen LogP) is 3.16. The molecule has 0 aliphatic carbocycles. The molecule has 0 saturated carbocycles. The number of nitrogens with one attached hydrogen (secondary N) is 1. The maximum Gasteiger partial charge on any atom is 0.339 e. The van der Waals surface area contributed by atoms with Crippen molar-refractivity contribution in [3.05, 3.63) is 108 Å². The average molecular weight is 447 g/mol. The fraction of sp³-hybridized carbons (Fsp3) is 0.160. The van der Waals surface area contributed by atoms with Crippen LogP contribution in [0, 0.1) is 0 Å². The third-order valence-electron chi connectivity index (χ3n) is 4.88. The SMILES string of the molecule is O=C(OC[C@H]1ON[C@@H](OC(=O)c2ccccc2)[C@@H]1OC(=O)c1ccccc1)c1ccccc1. The number of esters is 3. The van der Waals surface area contributed by atoms with E-state index in [4.69, 9.17) is 19.0 Å². The zero-order valence-corrected chi connectivity index (χ0v) is 17.5. The summed E-state index contributed by atoms with van der Waals surface area (Å²) < 4.78 is 16.4. The number of ether oxygens (including phenoxy) is 3. The second-order valence-electron chi connectivity index (χ2n) is 7.17. The molecule has 0 aromatic heterocycles. The van der Waals surface area contributed by atoms with Crippen LogP contribution < -0.4 is 5.48 Å². The second-order valence-corrected chi connectivity index (χ2v) is 7.17. The van der Waals surface area contributed by atoms with Crippen molar-refractivity contribution in [2.45, 2.75) is 18.4 Å². The second kappa shape index (κ2) is 10.5. The fourth-order valence-corrected chi connectivity index (χ4v) is 3.18. The Morgan fingerprint density at radius 1 is 0.667 bits per heavy atom. The lowest BCUT2D eigenvalue weighted by molar-refractivity contribution is -0.0476. The lowest BCUT2D eigenvalue weighted by Gasteiger charge is -2.22.